The molecule has 1 aliphatic carbocycles. The number of carbonyl (C=O) groups is 2. The zero-order valence-electron chi connectivity index (χ0n) is 6.95. The van der Waals surface area contributed by atoms with E-state index in [2.05, 4.69) is 4.74 Å². The van der Waals surface area contributed by atoms with Crippen LogP contribution in [0, 0.1) is 11.8 Å². The van der Waals surface area contributed by atoms with E-state index in [1.165, 1.54) is 7.11 Å². The molecule has 0 bridgehead atoms. The number of esters is 1. The maximum atomic E-state index is 10.8. The maximum absolute atomic E-state index is 10.8. The van der Waals surface area contributed by atoms with Crippen molar-refractivity contribution in [2.75, 3.05) is 7.11 Å². The topological polar surface area (TPSA) is 63.6 Å². The van der Waals surface area contributed by atoms with Crippen LogP contribution in [0.5, 0.6) is 0 Å². The summed E-state index contributed by atoms with van der Waals surface area (Å²) in [5.41, 5.74) is 0. The van der Waals surface area contributed by atoms with Crippen LogP contribution in [-0.2, 0) is 14.3 Å². The van der Waals surface area contributed by atoms with Gasteiger partial charge in [0, 0.05) is 6.42 Å². The highest BCUT2D eigenvalue weighted by atomic mass is 16.5. The molecule has 0 heterocycles. The van der Waals surface area contributed by atoms with Gasteiger partial charge in [-0.15, -0.1) is 0 Å². The minimum absolute atomic E-state index is 0.00468. The molecule has 0 spiro atoms. The fourth-order valence-electron chi connectivity index (χ4n) is 1.44. The summed E-state index contributed by atoms with van der Waals surface area (Å²) in [6, 6.07) is 0. The van der Waals surface area contributed by atoms with Gasteiger partial charge < -0.3 is 9.84 Å². The lowest BCUT2D eigenvalue weighted by Crippen LogP contribution is -2.34. The van der Waals surface area contributed by atoms with E-state index in [0.29, 0.717) is 6.42 Å². The van der Waals surface area contributed by atoms with Crippen molar-refractivity contribution in [2.45, 2.75) is 19.3 Å². The summed E-state index contributed by atoms with van der Waals surface area (Å²) in [6.07, 6.45) is 1.76. The van der Waals surface area contributed by atoms with E-state index < -0.39 is 5.97 Å². The molecule has 1 rings (SSSR count). The van der Waals surface area contributed by atoms with Crippen molar-refractivity contribution in [3.8, 4) is 0 Å². The summed E-state index contributed by atoms with van der Waals surface area (Å²) in [5.74, 6) is -1.44. The van der Waals surface area contributed by atoms with Crippen LogP contribution in [0.2, 0.25) is 0 Å². The van der Waals surface area contributed by atoms with Crippen molar-refractivity contribution in [2.24, 2.45) is 11.8 Å². The molecule has 0 aromatic heterocycles. The Morgan fingerprint density at radius 2 is 2.17 bits per heavy atom. The van der Waals surface area contributed by atoms with Crippen molar-refractivity contribution in [3.63, 3.8) is 0 Å². The Balaban J connectivity index is 2.34. The largest absolute Gasteiger partial charge is 0.481 e. The second-order valence-electron chi connectivity index (χ2n) is 3.06. The lowest BCUT2D eigenvalue weighted by Gasteiger charge is -2.32. The Hall–Kier alpha value is -1.06. The van der Waals surface area contributed by atoms with E-state index in [1.54, 1.807) is 0 Å². The Bertz CT molecular complexity index is 199. The van der Waals surface area contributed by atoms with E-state index in [9.17, 15) is 9.59 Å². The van der Waals surface area contributed by atoms with Gasteiger partial charge in [-0.05, 0) is 18.8 Å². The number of hydrogen-bond donors (Lipinski definition) is 1. The number of methoxy groups -OCH3 is 1. The quantitative estimate of drug-likeness (QED) is 0.635. The van der Waals surface area contributed by atoms with E-state index in [-0.39, 0.29) is 24.2 Å². The zero-order valence-corrected chi connectivity index (χ0v) is 6.95. The van der Waals surface area contributed by atoms with Gasteiger partial charge in [-0.1, -0.05) is 0 Å². The SMILES string of the molecule is COC(=O)CC1CCC1C(=O)O. The Morgan fingerprint density at radius 1 is 1.50 bits per heavy atom. The molecule has 0 aromatic carbocycles. The van der Waals surface area contributed by atoms with Gasteiger partial charge in [0.2, 0.25) is 0 Å². The molecule has 4 nitrogen and oxygen atoms in total. The first kappa shape index (κ1) is 9.03. The van der Waals surface area contributed by atoms with Gasteiger partial charge in [0.15, 0.2) is 0 Å². The molecular weight excluding hydrogens is 160 g/mol. The number of carboxylic acid groups (broad SMARTS) is 1. The first-order valence-corrected chi connectivity index (χ1v) is 3.94. The van der Waals surface area contributed by atoms with Crippen LogP contribution in [0.1, 0.15) is 19.3 Å². The molecule has 4 heteroatoms. The number of rotatable bonds is 3. The molecule has 0 radical (unpaired) electrons. The minimum Gasteiger partial charge on any atom is -0.481 e. The van der Waals surface area contributed by atoms with Gasteiger partial charge in [0.25, 0.3) is 0 Å². The lowest BCUT2D eigenvalue weighted by molar-refractivity contribution is -0.151. The third kappa shape index (κ3) is 1.75. The molecule has 1 N–H and O–H groups in total. The number of carboxylic acids is 1. The van der Waals surface area contributed by atoms with Gasteiger partial charge in [-0.2, -0.15) is 0 Å². The molecule has 0 amide bonds. The normalized spacial score (nSPS) is 27.4. The molecular formula is C8H12O4. The van der Waals surface area contributed by atoms with Crippen LogP contribution < -0.4 is 0 Å². The fourth-order valence-corrected chi connectivity index (χ4v) is 1.44. The Labute approximate surface area is 70.5 Å². The number of hydrogen-bond acceptors (Lipinski definition) is 3. The van der Waals surface area contributed by atoms with Crippen molar-refractivity contribution in [1.29, 1.82) is 0 Å². The van der Waals surface area contributed by atoms with Gasteiger partial charge in [0.1, 0.15) is 0 Å². The summed E-state index contributed by atoms with van der Waals surface area (Å²) < 4.78 is 4.45. The predicted octanol–water partition coefficient (Wildman–Crippen LogP) is 0.660. The molecule has 0 aliphatic heterocycles. The molecule has 0 saturated heterocycles. The van der Waals surface area contributed by atoms with Gasteiger partial charge in [-0.3, -0.25) is 9.59 Å². The summed E-state index contributed by atoms with van der Waals surface area (Å²) in [4.78, 5) is 21.3. The van der Waals surface area contributed by atoms with Crippen LogP contribution in [0.15, 0.2) is 0 Å². The molecule has 1 fully saturated rings. The van der Waals surface area contributed by atoms with Crippen LogP contribution in [0.25, 0.3) is 0 Å². The smallest absolute Gasteiger partial charge is 0.306 e. The van der Waals surface area contributed by atoms with Gasteiger partial charge in [-0.25, -0.2) is 0 Å². The molecule has 2 atom stereocenters. The molecule has 0 aromatic rings. The first-order chi connectivity index (χ1) is 5.65. The van der Waals surface area contributed by atoms with Crippen molar-refractivity contribution >= 4 is 11.9 Å². The standard InChI is InChI=1S/C8H12O4/c1-12-7(9)4-5-2-3-6(5)8(10)11/h5-6H,2-4H2,1H3,(H,10,11). The van der Waals surface area contributed by atoms with Crippen molar-refractivity contribution in [1.82, 2.24) is 0 Å². The third-order valence-electron chi connectivity index (χ3n) is 2.39. The third-order valence-corrected chi connectivity index (χ3v) is 2.39. The molecule has 68 valence electrons. The second-order valence-corrected chi connectivity index (χ2v) is 3.06. The molecule has 1 aliphatic rings. The van der Waals surface area contributed by atoms with Crippen molar-refractivity contribution in [3.05, 3.63) is 0 Å². The Morgan fingerprint density at radius 3 is 2.50 bits per heavy atom. The lowest BCUT2D eigenvalue weighted by atomic mass is 9.72. The summed E-state index contributed by atoms with van der Waals surface area (Å²) in [5, 5.41) is 8.64. The zero-order chi connectivity index (χ0) is 9.14. The molecule has 1 saturated carbocycles. The van der Waals surface area contributed by atoms with Crippen molar-refractivity contribution < 1.29 is 19.4 Å². The monoisotopic (exact) mass is 172 g/mol. The van der Waals surface area contributed by atoms with E-state index in [1.807, 2.05) is 0 Å². The van der Waals surface area contributed by atoms with E-state index >= 15 is 0 Å². The van der Waals surface area contributed by atoms with Crippen LogP contribution in [0.3, 0.4) is 0 Å². The van der Waals surface area contributed by atoms with Crippen LogP contribution in [0.4, 0.5) is 0 Å². The van der Waals surface area contributed by atoms with E-state index in [4.69, 9.17) is 5.11 Å². The fraction of sp³-hybridized carbons (Fsp3) is 0.750. The van der Waals surface area contributed by atoms with Crippen LogP contribution >= 0.6 is 0 Å². The second kappa shape index (κ2) is 3.56. The highest BCUT2D eigenvalue weighted by Gasteiger charge is 2.37. The molecule has 2 unspecified atom stereocenters. The van der Waals surface area contributed by atoms with Gasteiger partial charge >= 0.3 is 11.9 Å². The summed E-state index contributed by atoms with van der Waals surface area (Å²) in [6.45, 7) is 0. The number of carbonyl (C=O) groups excluding carboxylic acids is 1. The first-order valence-electron chi connectivity index (χ1n) is 3.94. The highest BCUT2D eigenvalue weighted by Crippen LogP contribution is 2.36. The number of aliphatic carboxylic acids is 1. The Kier molecular flexibility index (Phi) is 2.68. The summed E-state index contributed by atoms with van der Waals surface area (Å²) in [7, 11) is 1.32. The summed E-state index contributed by atoms with van der Waals surface area (Å²) >= 11 is 0. The predicted molar refractivity (Wildman–Crippen MR) is 40.5 cm³/mol. The average Bonchev–Trinajstić information content (AvgIpc) is 1.96. The molecule has 12 heavy (non-hydrogen) atoms. The maximum Gasteiger partial charge on any atom is 0.306 e. The number of ether oxygens (including phenoxy) is 1. The van der Waals surface area contributed by atoms with Crippen LogP contribution in [-0.4, -0.2) is 24.2 Å². The minimum atomic E-state index is -0.796. The highest BCUT2D eigenvalue weighted by molar-refractivity contribution is 5.74. The van der Waals surface area contributed by atoms with E-state index in [0.717, 1.165) is 6.42 Å². The average molecular weight is 172 g/mol. The van der Waals surface area contributed by atoms with Gasteiger partial charge in [0.05, 0.1) is 13.0 Å².